The van der Waals surface area contributed by atoms with E-state index in [1.807, 2.05) is 0 Å². The first-order valence-corrected chi connectivity index (χ1v) is 5.28. The lowest BCUT2D eigenvalue weighted by Crippen LogP contribution is -2.02. The lowest BCUT2D eigenvalue weighted by atomic mass is 10.1. The summed E-state index contributed by atoms with van der Waals surface area (Å²) in [6.45, 7) is 5.11. The number of hydrogen-bond acceptors (Lipinski definition) is 6. The van der Waals surface area contributed by atoms with Gasteiger partial charge in [0.15, 0.2) is 0 Å². The number of nitrogens with zero attached hydrogens (tertiary/aromatic N) is 2. The fourth-order valence-electron chi connectivity index (χ4n) is 1.54. The quantitative estimate of drug-likeness (QED) is 0.581. The Bertz CT molecular complexity index is 574. The van der Waals surface area contributed by atoms with Gasteiger partial charge in [0.1, 0.15) is 0 Å². The second-order valence-electron chi connectivity index (χ2n) is 3.97. The molecule has 1 aromatic heterocycles. The van der Waals surface area contributed by atoms with Crippen molar-refractivity contribution in [3.8, 4) is 5.95 Å². The third-order valence-corrected chi connectivity index (χ3v) is 2.49. The van der Waals surface area contributed by atoms with E-state index in [0.717, 1.165) is 0 Å². The molecular weight excluding hydrogens is 236 g/mol. The minimum absolute atomic E-state index is 0.380. The SMILES string of the molecule is CC1=NOC(=O)/C1=C\C(C)=C/c1c(C)noc1[O-]. The highest BCUT2D eigenvalue weighted by atomic mass is 16.7. The topological polar surface area (TPSA) is 87.8 Å². The van der Waals surface area contributed by atoms with E-state index in [1.54, 1.807) is 32.9 Å². The van der Waals surface area contributed by atoms with Gasteiger partial charge in [-0.05, 0) is 38.5 Å². The summed E-state index contributed by atoms with van der Waals surface area (Å²) >= 11 is 0. The Hall–Kier alpha value is -2.37. The summed E-state index contributed by atoms with van der Waals surface area (Å²) in [7, 11) is 0. The molecule has 1 aliphatic heterocycles. The van der Waals surface area contributed by atoms with Crippen LogP contribution in [0.2, 0.25) is 0 Å². The molecule has 2 rings (SSSR count). The van der Waals surface area contributed by atoms with Gasteiger partial charge in [-0.1, -0.05) is 5.16 Å². The highest BCUT2D eigenvalue weighted by molar-refractivity contribution is 6.21. The van der Waals surface area contributed by atoms with Crippen LogP contribution in [0.5, 0.6) is 5.95 Å². The Labute approximate surface area is 103 Å². The Morgan fingerprint density at radius 2 is 2.11 bits per heavy atom. The van der Waals surface area contributed by atoms with E-state index in [2.05, 4.69) is 19.7 Å². The second kappa shape index (κ2) is 4.48. The molecule has 1 aromatic rings. The normalized spacial score (nSPS) is 18.2. The van der Waals surface area contributed by atoms with E-state index < -0.39 is 11.9 Å². The Balaban J connectivity index is 2.33. The van der Waals surface area contributed by atoms with Gasteiger partial charge in [0, 0.05) is 5.56 Å². The van der Waals surface area contributed by atoms with Crippen molar-refractivity contribution in [2.75, 3.05) is 0 Å². The Morgan fingerprint density at radius 1 is 1.39 bits per heavy atom. The molecule has 0 fully saturated rings. The minimum Gasteiger partial charge on any atom is -0.544 e. The molecule has 0 amide bonds. The maximum atomic E-state index is 11.3. The zero-order valence-corrected chi connectivity index (χ0v) is 10.2. The van der Waals surface area contributed by atoms with Crippen LogP contribution < -0.4 is 5.11 Å². The highest BCUT2D eigenvalue weighted by Crippen LogP contribution is 2.22. The fraction of sp³-hybridized carbons (Fsp3) is 0.250. The minimum atomic E-state index is -0.496. The molecule has 0 saturated heterocycles. The van der Waals surface area contributed by atoms with Crippen LogP contribution in [0.15, 0.2) is 26.9 Å². The number of allylic oxidation sites excluding steroid dienone is 2. The van der Waals surface area contributed by atoms with Crippen molar-refractivity contribution in [1.82, 2.24) is 5.16 Å². The average Bonchev–Trinajstić information content (AvgIpc) is 2.79. The van der Waals surface area contributed by atoms with Crippen molar-refractivity contribution in [3.05, 3.63) is 28.5 Å². The summed E-state index contributed by atoms with van der Waals surface area (Å²) in [6.07, 6.45) is 3.22. The zero-order chi connectivity index (χ0) is 13.3. The van der Waals surface area contributed by atoms with Crippen LogP contribution >= 0.6 is 0 Å². The van der Waals surface area contributed by atoms with E-state index in [0.29, 0.717) is 28.1 Å². The van der Waals surface area contributed by atoms with Gasteiger partial charge in [-0.25, -0.2) is 4.79 Å². The molecule has 1 aliphatic rings. The fourth-order valence-corrected chi connectivity index (χ4v) is 1.54. The predicted octanol–water partition coefficient (Wildman–Crippen LogP) is 1.32. The van der Waals surface area contributed by atoms with Crippen molar-refractivity contribution in [2.24, 2.45) is 5.16 Å². The summed E-state index contributed by atoms with van der Waals surface area (Å²) in [5.74, 6) is -0.991. The van der Waals surface area contributed by atoms with Gasteiger partial charge in [0.2, 0.25) is 0 Å². The Kier molecular flexibility index (Phi) is 3.01. The van der Waals surface area contributed by atoms with Crippen LogP contribution in [0.4, 0.5) is 0 Å². The largest absolute Gasteiger partial charge is 0.544 e. The van der Waals surface area contributed by atoms with E-state index >= 15 is 0 Å². The molecule has 0 aliphatic carbocycles. The van der Waals surface area contributed by atoms with E-state index in [4.69, 9.17) is 0 Å². The molecule has 2 heterocycles. The second-order valence-corrected chi connectivity index (χ2v) is 3.97. The number of oxime groups is 1. The van der Waals surface area contributed by atoms with Gasteiger partial charge >= 0.3 is 5.97 Å². The molecule has 0 unspecified atom stereocenters. The van der Waals surface area contributed by atoms with Crippen LogP contribution in [-0.2, 0) is 9.63 Å². The zero-order valence-electron chi connectivity index (χ0n) is 10.2. The van der Waals surface area contributed by atoms with Crippen molar-refractivity contribution in [2.45, 2.75) is 20.8 Å². The summed E-state index contributed by atoms with van der Waals surface area (Å²) in [5.41, 5.74) is 2.49. The summed E-state index contributed by atoms with van der Waals surface area (Å²) in [5, 5.41) is 18.5. The first-order valence-electron chi connectivity index (χ1n) is 5.28. The van der Waals surface area contributed by atoms with Gasteiger partial charge in [-0.15, -0.1) is 0 Å². The van der Waals surface area contributed by atoms with Crippen LogP contribution in [-0.4, -0.2) is 16.8 Å². The van der Waals surface area contributed by atoms with Gasteiger partial charge in [0.25, 0.3) is 0 Å². The molecular formula is C12H11N2O4-. The third-order valence-electron chi connectivity index (χ3n) is 2.49. The lowest BCUT2D eigenvalue weighted by Gasteiger charge is -1.99. The van der Waals surface area contributed by atoms with Crippen molar-refractivity contribution >= 4 is 17.8 Å². The molecule has 0 saturated carbocycles. The number of rotatable bonds is 2. The van der Waals surface area contributed by atoms with Gasteiger partial charge < -0.3 is 14.5 Å². The molecule has 6 heteroatoms. The third kappa shape index (κ3) is 2.17. The lowest BCUT2D eigenvalue weighted by molar-refractivity contribution is -0.297. The molecule has 0 atom stereocenters. The van der Waals surface area contributed by atoms with Crippen molar-refractivity contribution < 1.29 is 19.3 Å². The molecule has 0 bridgehead atoms. The molecule has 6 nitrogen and oxygen atoms in total. The first kappa shape index (κ1) is 12.1. The van der Waals surface area contributed by atoms with Crippen LogP contribution in [0.25, 0.3) is 6.08 Å². The summed E-state index contributed by atoms with van der Waals surface area (Å²) < 4.78 is 4.52. The predicted molar refractivity (Wildman–Crippen MR) is 61.6 cm³/mol. The Morgan fingerprint density at radius 3 is 2.61 bits per heavy atom. The van der Waals surface area contributed by atoms with Gasteiger partial charge in [-0.3, -0.25) is 0 Å². The van der Waals surface area contributed by atoms with Gasteiger partial charge in [0.05, 0.1) is 22.9 Å². The number of hydrogen-bond donors (Lipinski definition) is 0. The number of aryl methyl sites for hydroxylation is 1. The maximum Gasteiger partial charge on any atom is 0.367 e. The number of carbonyl (C=O) groups is 1. The number of carbonyl (C=O) groups excluding carboxylic acids is 1. The van der Waals surface area contributed by atoms with Gasteiger partial charge in [-0.2, -0.15) is 5.16 Å². The average molecular weight is 247 g/mol. The number of aromatic nitrogens is 1. The molecule has 18 heavy (non-hydrogen) atoms. The molecule has 94 valence electrons. The van der Waals surface area contributed by atoms with Crippen LogP contribution in [0, 0.1) is 6.92 Å². The standard InChI is InChI=1S/C12H12N2O4/c1-6(4-9-7(2)13-17-11(9)15)5-10-8(3)14-18-12(10)16/h4-5,15H,1-3H3/p-1/b6-4-,10-5-. The molecule has 0 radical (unpaired) electrons. The maximum absolute atomic E-state index is 11.3. The highest BCUT2D eigenvalue weighted by Gasteiger charge is 2.21. The summed E-state index contributed by atoms with van der Waals surface area (Å²) in [4.78, 5) is 15.9. The van der Waals surface area contributed by atoms with E-state index in [1.165, 1.54) is 0 Å². The van der Waals surface area contributed by atoms with E-state index in [-0.39, 0.29) is 0 Å². The van der Waals surface area contributed by atoms with Crippen LogP contribution in [0.1, 0.15) is 25.1 Å². The van der Waals surface area contributed by atoms with Crippen molar-refractivity contribution in [1.29, 1.82) is 0 Å². The first-order chi connectivity index (χ1) is 8.49. The molecule has 0 spiro atoms. The summed E-state index contributed by atoms with van der Waals surface area (Å²) in [6, 6.07) is 0. The van der Waals surface area contributed by atoms with E-state index in [9.17, 15) is 9.90 Å². The molecule has 0 aromatic carbocycles. The van der Waals surface area contributed by atoms with Crippen LogP contribution in [0.3, 0.4) is 0 Å². The smallest absolute Gasteiger partial charge is 0.367 e. The monoisotopic (exact) mass is 247 g/mol. The molecule has 0 N–H and O–H groups in total. The van der Waals surface area contributed by atoms with Crippen molar-refractivity contribution in [3.63, 3.8) is 0 Å².